The van der Waals surface area contributed by atoms with E-state index >= 15 is 0 Å². The maximum absolute atomic E-state index is 13.0. The summed E-state index contributed by atoms with van der Waals surface area (Å²) < 4.78 is 0. The van der Waals surface area contributed by atoms with Crippen molar-refractivity contribution < 1.29 is 9.59 Å². The molecule has 2 atom stereocenters. The molecule has 2 saturated heterocycles. The molecule has 0 N–H and O–H groups in total. The predicted octanol–water partition coefficient (Wildman–Crippen LogP) is 2.82. The lowest BCUT2D eigenvalue weighted by atomic mass is 10.00. The van der Waals surface area contributed by atoms with Crippen LogP contribution in [0.3, 0.4) is 0 Å². The second kappa shape index (κ2) is 8.14. The highest BCUT2D eigenvalue weighted by Crippen LogP contribution is 2.34. The molecule has 3 aliphatic rings. The Morgan fingerprint density at radius 1 is 0.833 bits per heavy atom. The van der Waals surface area contributed by atoms with E-state index < -0.39 is 0 Å². The van der Waals surface area contributed by atoms with Crippen LogP contribution >= 0.6 is 11.6 Å². The molecule has 5 nitrogen and oxygen atoms in total. The average molecular weight is 424 g/mol. The van der Waals surface area contributed by atoms with Gasteiger partial charge in [-0.1, -0.05) is 54.1 Å². The average Bonchev–Trinajstić information content (AvgIpc) is 3.27. The van der Waals surface area contributed by atoms with Crippen molar-refractivity contribution in [2.75, 3.05) is 32.7 Å². The fraction of sp³-hybridized carbons (Fsp3) is 0.417. The maximum Gasteiger partial charge on any atom is 0.234 e. The van der Waals surface area contributed by atoms with Crippen molar-refractivity contribution in [1.29, 1.82) is 0 Å². The number of amides is 2. The van der Waals surface area contributed by atoms with Gasteiger partial charge in [0.15, 0.2) is 0 Å². The fourth-order valence-electron chi connectivity index (χ4n) is 5.10. The van der Waals surface area contributed by atoms with Crippen LogP contribution in [0.4, 0.5) is 0 Å². The van der Waals surface area contributed by atoms with Crippen molar-refractivity contribution in [2.24, 2.45) is 11.8 Å². The van der Waals surface area contributed by atoms with Gasteiger partial charge in [-0.05, 0) is 29.2 Å². The third-order valence-electron chi connectivity index (χ3n) is 6.76. The molecule has 3 aliphatic heterocycles. The number of hydrogen-bond donors (Lipinski definition) is 0. The first-order chi connectivity index (χ1) is 14.6. The molecule has 2 aromatic carbocycles. The van der Waals surface area contributed by atoms with Crippen molar-refractivity contribution in [3.05, 3.63) is 70.2 Å². The molecular weight excluding hydrogens is 398 g/mol. The summed E-state index contributed by atoms with van der Waals surface area (Å²) in [7, 11) is 0. The van der Waals surface area contributed by atoms with Crippen molar-refractivity contribution >= 4 is 23.4 Å². The highest BCUT2D eigenvalue weighted by atomic mass is 35.5. The molecule has 0 aliphatic carbocycles. The van der Waals surface area contributed by atoms with Crippen LogP contribution in [0.5, 0.6) is 0 Å². The van der Waals surface area contributed by atoms with Crippen molar-refractivity contribution in [3.63, 3.8) is 0 Å². The highest BCUT2D eigenvalue weighted by Gasteiger charge is 2.52. The molecule has 156 valence electrons. The van der Waals surface area contributed by atoms with Crippen LogP contribution in [0, 0.1) is 11.8 Å². The lowest BCUT2D eigenvalue weighted by Gasteiger charge is -2.30. The minimum Gasteiger partial charge on any atom is -0.297 e. The molecule has 0 bridgehead atoms. The standard InChI is InChI=1S/C24H26ClN3O2/c25-22-8-4-3-7-19(22)14-27-15-20-21(16-27)24(30)28(23(20)29)12-11-26-10-9-17-5-1-2-6-18(17)13-26/h1-8,20-21H,9-16H2/t20-,21+. The summed E-state index contributed by atoms with van der Waals surface area (Å²) in [6.07, 6.45) is 1.03. The smallest absolute Gasteiger partial charge is 0.234 e. The van der Waals surface area contributed by atoms with Crippen LogP contribution in [0.2, 0.25) is 5.02 Å². The minimum atomic E-state index is -0.206. The van der Waals surface area contributed by atoms with Crippen LogP contribution in [-0.2, 0) is 29.1 Å². The number of rotatable bonds is 5. The van der Waals surface area contributed by atoms with Crippen LogP contribution < -0.4 is 0 Å². The van der Waals surface area contributed by atoms with E-state index in [2.05, 4.69) is 34.1 Å². The molecule has 6 heteroatoms. The van der Waals surface area contributed by atoms with Gasteiger partial charge in [0, 0.05) is 50.8 Å². The van der Waals surface area contributed by atoms with E-state index in [9.17, 15) is 9.59 Å². The normalized spacial score (nSPS) is 24.4. The first-order valence-corrected chi connectivity index (χ1v) is 11.1. The van der Waals surface area contributed by atoms with Crippen LogP contribution in [0.15, 0.2) is 48.5 Å². The van der Waals surface area contributed by atoms with Gasteiger partial charge in [-0.25, -0.2) is 0 Å². The number of carbonyl (C=O) groups excluding carboxylic acids is 2. The van der Waals surface area contributed by atoms with Gasteiger partial charge in [0.1, 0.15) is 0 Å². The largest absolute Gasteiger partial charge is 0.297 e. The summed E-state index contributed by atoms with van der Waals surface area (Å²) in [5.41, 5.74) is 3.81. The minimum absolute atomic E-state index is 0.00377. The van der Waals surface area contributed by atoms with E-state index in [4.69, 9.17) is 11.6 Å². The number of carbonyl (C=O) groups is 2. The molecule has 2 fully saturated rings. The van der Waals surface area contributed by atoms with Crippen LogP contribution in [0.1, 0.15) is 16.7 Å². The Balaban J connectivity index is 1.18. The third-order valence-corrected chi connectivity index (χ3v) is 7.13. The zero-order valence-corrected chi connectivity index (χ0v) is 17.7. The molecule has 0 unspecified atom stereocenters. The van der Waals surface area contributed by atoms with Crippen molar-refractivity contribution in [1.82, 2.24) is 14.7 Å². The molecule has 0 spiro atoms. The molecule has 0 aromatic heterocycles. The van der Waals surface area contributed by atoms with E-state index in [1.165, 1.54) is 16.0 Å². The number of halogens is 1. The van der Waals surface area contributed by atoms with E-state index in [1.54, 1.807) is 0 Å². The lowest BCUT2D eigenvalue weighted by molar-refractivity contribution is -0.140. The molecule has 0 radical (unpaired) electrons. The molecule has 0 saturated carbocycles. The van der Waals surface area contributed by atoms with Crippen molar-refractivity contribution in [3.8, 4) is 0 Å². The van der Waals surface area contributed by atoms with Gasteiger partial charge in [0.2, 0.25) is 11.8 Å². The van der Waals surface area contributed by atoms with Gasteiger partial charge < -0.3 is 0 Å². The Morgan fingerprint density at radius 3 is 2.23 bits per heavy atom. The number of imide groups is 1. The Bertz CT molecular complexity index is 954. The summed E-state index contributed by atoms with van der Waals surface area (Å²) in [5.74, 6) is -0.405. The maximum atomic E-state index is 13.0. The monoisotopic (exact) mass is 423 g/mol. The van der Waals surface area contributed by atoms with Gasteiger partial charge in [-0.2, -0.15) is 0 Å². The Labute approximate surface area is 182 Å². The zero-order chi connectivity index (χ0) is 20.7. The zero-order valence-electron chi connectivity index (χ0n) is 17.0. The second-order valence-corrected chi connectivity index (χ2v) is 9.03. The van der Waals surface area contributed by atoms with Gasteiger partial charge >= 0.3 is 0 Å². The Morgan fingerprint density at radius 2 is 1.50 bits per heavy atom. The molecule has 5 rings (SSSR count). The van der Waals surface area contributed by atoms with Crippen LogP contribution in [0.25, 0.3) is 0 Å². The van der Waals surface area contributed by atoms with Crippen LogP contribution in [-0.4, -0.2) is 59.2 Å². The topological polar surface area (TPSA) is 43.9 Å². The predicted molar refractivity (Wildman–Crippen MR) is 116 cm³/mol. The number of fused-ring (bicyclic) bond motifs is 2. The number of hydrogen-bond acceptors (Lipinski definition) is 4. The second-order valence-electron chi connectivity index (χ2n) is 8.62. The first kappa shape index (κ1) is 19.7. The molecular formula is C24H26ClN3O2. The molecule has 30 heavy (non-hydrogen) atoms. The Hall–Kier alpha value is -2.21. The van der Waals surface area contributed by atoms with Gasteiger partial charge in [-0.15, -0.1) is 0 Å². The van der Waals surface area contributed by atoms with Crippen molar-refractivity contribution in [2.45, 2.75) is 19.5 Å². The van der Waals surface area contributed by atoms with E-state index in [-0.39, 0.29) is 23.7 Å². The number of benzene rings is 2. The number of likely N-dealkylation sites (tertiary alicyclic amines) is 2. The number of nitrogens with zero attached hydrogens (tertiary/aromatic N) is 3. The quantitative estimate of drug-likeness (QED) is 0.694. The molecule has 2 amide bonds. The highest BCUT2D eigenvalue weighted by molar-refractivity contribution is 6.31. The van der Waals surface area contributed by atoms with Gasteiger partial charge in [-0.3, -0.25) is 24.3 Å². The SMILES string of the molecule is O=C1[C@H]2CN(Cc3ccccc3Cl)C[C@H]2C(=O)N1CCN1CCc2ccccc2C1. The van der Waals surface area contributed by atoms with Gasteiger partial charge in [0.25, 0.3) is 0 Å². The summed E-state index contributed by atoms with van der Waals surface area (Å²) >= 11 is 6.28. The Kier molecular flexibility index (Phi) is 5.35. The summed E-state index contributed by atoms with van der Waals surface area (Å²) in [4.78, 5) is 32.0. The van der Waals surface area contributed by atoms with E-state index in [1.807, 2.05) is 24.3 Å². The first-order valence-electron chi connectivity index (χ1n) is 10.7. The summed E-state index contributed by atoms with van der Waals surface area (Å²) in [5, 5.41) is 0.733. The third kappa shape index (κ3) is 3.66. The molecule has 3 heterocycles. The molecule has 2 aromatic rings. The summed E-state index contributed by atoms with van der Waals surface area (Å²) in [6, 6.07) is 16.3. The van der Waals surface area contributed by atoms with E-state index in [0.29, 0.717) is 26.2 Å². The van der Waals surface area contributed by atoms with Gasteiger partial charge in [0.05, 0.1) is 11.8 Å². The summed E-state index contributed by atoms with van der Waals surface area (Å²) in [6.45, 7) is 5.06. The lowest BCUT2D eigenvalue weighted by Crippen LogP contribution is -2.42. The fourth-order valence-corrected chi connectivity index (χ4v) is 5.29. The van der Waals surface area contributed by atoms with E-state index in [0.717, 1.165) is 36.6 Å².